The van der Waals surface area contributed by atoms with E-state index in [9.17, 15) is 45.6 Å². The van der Waals surface area contributed by atoms with Gasteiger partial charge in [0.25, 0.3) is 0 Å². The Balaban J connectivity index is 0.000000190. The van der Waals surface area contributed by atoms with Gasteiger partial charge in [-0.2, -0.15) is 0 Å². The first-order valence-corrected chi connectivity index (χ1v) is 45.4. The number of carbonyl (C=O) groups is 6. The average Bonchev–Trinajstić information content (AvgIpc) is 1.57. The molecule has 0 spiro atoms. The van der Waals surface area contributed by atoms with E-state index in [0.29, 0.717) is 167 Å². The molecule has 4 amide bonds. The molecule has 114 heavy (non-hydrogen) atoms. The molecule has 4 aromatic heterocycles. The average molecular weight is 1660 g/mol. The predicted molar refractivity (Wildman–Crippen MR) is 438 cm³/mol. The summed E-state index contributed by atoms with van der Waals surface area (Å²) < 4.78 is 87.1. The molecule has 4 aliphatic carbocycles. The van der Waals surface area contributed by atoms with Gasteiger partial charge in [-0.1, -0.05) is 117 Å². The number of ether oxygens (including phenoxy) is 5. The van der Waals surface area contributed by atoms with E-state index in [0.717, 1.165) is 37.4 Å². The van der Waals surface area contributed by atoms with Crippen LogP contribution in [0.2, 0.25) is 10.0 Å². The fourth-order valence-corrected chi connectivity index (χ4v) is 22.2. The minimum absolute atomic E-state index is 0.0612. The van der Waals surface area contributed by atoms with Crippen molar-refractivity contribution in [3.63, 3.8) is 0 Å². The molecule has 2 aromatic carbocycles. The molecule has 0 unspecified atom stereocenters. The molecule has 2 N–H and O–H groups in total. The molecule has 5 saturated heterocycles. The zero-order valence-electron chi connectivity index (χ0n) is 67.0. The molecule has 0 radical (unpaired) electrons. The molecule has 6 aromatic rings. The van der Waals surface area contributed by atoms with E-state index in [2.05, 4.69) is 62.5 Å². The lowest BCUT2D eigenvalue weighted by molar-refractivity contribution is -0.151. The number of rotatable bonds is 29. The zero-order chi connectivity index (χ0) is 81.4. The lowest BCUT2D eigenvalue weighted by atomic mass is 9.74. The second-order valence-corrected chi connectivity index (χ2v) is 40.2. The van der Waals surface area contributed by atoms with E-state index in [1.165, 1.54) is 18.4 Å². The van der Waals surface area contributed by atoms with Crippen LogP contribution < -0.4 is 28.4 Å². The molecule has 9 heterocycles. The Morgan fingerprint density at radius 3 is 1.76 bits per heavy atom. The molecule has 13 atom stereocenters. The molecule has 15 rings (SSSR count). The van der Waals surface area contributed by atoms with Crippen molar-refractivity contribution in [2.75, 3.05) is 46.6 Å². The number of Topliss-reactive ketones (excluding diaryl/α,β-unsaturated/α-hetero) is 2. The van der Waals surface area contributed by atoms with Gasteiger partial charge in [-0.3, -0.25) is 48.1 Å². The van der Waals surface area contributed by atoms with Crippen LogP contribution in [0.15, 0.2) is 72.6 Å². The molecule has 9 fully saturated rings. The Kier molecular flexibility index (Phi) is 23.9. The molecule has 4 saturated carbocycles. The van der Waals surface area contributed by atoms with Crippen molar-refractivity contribution in [3.8, 4) is 45.1 Å². The molecule has 5 aliphatic heterocycles. The number of aromatic nitrogens is 4. The van der Waals surface area contributed by atoms with Gasteiger partial charge in [0.15, 0.2) is 11.6 Å². The van der Waals surface area contributed by atoms with Crippen LogP contribution in [0.1, 0.15) is 195 Å². The first-order chi connectivity index (χ1) is 54.2. The molecular formula is C85H107Cl2N9O15S3. The van der Waals surface area contributed by atoms with Gasteiger partial charge in [0.2, 0.25) is 43.7 Å². The number of morpholine rings is 1. The van der Waals surface area contributed by atoms with Gasteiger partial charge in [-0.25, -0.2) is 31.8 Å². The summed E-state index contributed by atoms with van der Waals surface area (Å²) >= 11 is 15.5. The van der Waals surface area contributed by atoms with E-state index in [-0.39, 0.29) is 102 Å². The van der Waals surface area contributed by atoms with Crippen molar-refractivity contribution in [2.24, 2.45) is 45.8 Å². The van der Waals surface area contributed by atoms with E-state index in [1.54, 1.807) is 21.9 Å². The monoisotopic (exact) mass is 1660 g/mol. The summed E-state index contributed by atoms with van der Waals surface area (Å²) in [6.07, 6.45) is 7.43. The largest absolute Gasteiger partial charge is 0.495 e. The maximum absolute atomic E-state index is 14.7. The maximum Gasteiger partial charge on any atom is 0.240 e. The molecule has 29 heteroatoms. The third kappa shape index (κ3) is 16.7. The van der Waals surface area contributed by atoms with Gasteiger partial charge < -0.3 is 33.5 Å². The number of methoxy groups -OCH3 is 1. The van der Waals surface area contributed by atoms with Gasteiger partial charge in [0.1, 0.15) is 62.6 Å². The van der Waals surface area contributed by atoms with Crippen LogP contribution in [0.5, 0.6) is 23.0 Å². The van der Waals surface area contributed by atoms with Gasteiger partial charge in [0, 0.05) is 91.1 Å². The number of nitrogens with one attached hydrogen (secondary N) is 2. The Morgan fingerprint density at radius 1 is 0.675 bits per heavy atom. The van der Waals surface area contributed by atoms with Crippen LogP contribution in [0, 0.1) is 45.8 Å². The number of pyridine rings is 3. The lowest BCUT2D eigenvalue weighted by Crippen LogP contribution is -2.55. The fourth-order valence-electron chi connectivity index (χ4n) is 17.9. The number of benzene rings is 2. The molecule has 9 aliphatic rings. The number of nitrogens with zero attached hydrogens (tertiary/aromatic N) is 7. The summed E-state index contributed by atoms with van der Waals surface area (Å²) in [6.45, 7) is 28.6. The smallest absolute Gasteiger partial charge is 0.240 e. The first-order valence-electron chi connectivity index (χ1n) is 40.7. The Bertz CT molecular complexity index is 4980. The van der Waals surface area contributed by atoms with Crippen LogP contribution in [0.4, 0.5) is 0 Å². The number of amides is 4. The minimum atomic E-state index is -3.82. The van der Waals surface area contributed by atoms with E-state index < -0.39 is 83.5 Å². The number of carbonyl (C=O) groups excluding carboxylic acids is 6. The SMILES string of the molecule is C=C[C@@H]1C[C@]1(CC(=O)[C@@H]1C[C@@H](Oc2cc(-c3cccc(C(C)C)n3)nc3c(Cl)c(OC)ccc23)[C@H]2CC[C@H](C(C)(C)C)C(=O)N21)C(=O)NS(=O)(=O)C1CC1.CC[C@@H]1C[C@]1(CC(=O)[C@@H]1C[C@@H](Oc2cc(-c3nc(C(C)C)cs3)nc3c(Cl)c(OCCN4CCOCC4)ccc23)[C@H]2CC[C@H]([C@@H](C)CC)C(=O)N21)C(=O)NS(=O)(=O)C1CC1. The summed E-state index contributed by atoms with van der Waals surface area (Å²) in [5, 5.41) is 3.58. The van der Waals surface area contributed by atoms with Gasteiger partial charge in [0.05, 0.1) is 93.9 Å². The fraction of sp³-hybridized carbons (Fsp3) is 0.600. The van der Waals surface area contributed by atoms with Crippen molar-refractivity contribution in [1.29, 1.82) is 0 Å². The van der Waals surface area contributed by atoms with E-state index >= 15 is 0 Å². The highest BCUT2D eigenvalue weighted by Gasteiger charge is 2.65. The van der Waals surface area contributed by atoms with Crippen LogP contribution >= 0.6 is 34.5 Å². The van der Waals surface area contributed by atoms with E-state index in [4.69, 9.17) is 66.8 Å². The Morgan fingerprint density at radius 2 is 1.23 bits per heavy atom. The van der Waals surface area contributed by atoms with Crippen molar-refractivity contribution in [3.05, 3.63) is 94.1 Å². The lowest BCUT2D eigenvalue weighted by Gasteiger charge is -2.43. The molecule has 614 valence electrons. The van der Waals surface area contributed by atoms with E-state index in [1.807, 2.05) is 81.6 Å². The molecular weight excluding hydrogens is 1550 g/mol. The van der Waals surface area contributed by atoms with Crippen LogP contribution in [-0.4, -0.2) is 180 Å². The van der Waals surface area contributed by atoms with Crippen molar-refractivity contribution >= 4 is 112 Å². The number of thiazole rings is 1. The minimum Gasteiger partial charge on any atom is -0.495 e. The highest BCUT2D eigenvalue weighted by atomic mass is 35.5. The van der Waals surface area contributed by atoms with Crippen molar-refractivity contribution in [1.82, 2.24) is 44.1 Å². The Labute approximate surface area is 682 Å². The summed E-state index contributed by atoms with van der Waals surface area (Å²) in [5.41, 5.74) is 1.90. The third-order valence-corrected chi connectivity index (χ3v) is 30.8. The second kappa shape index (κ2) is 32.8. The summed E-state index contributed by atoms with van der Waals surface area (Å²) in [5.74, 6) is -0.503. The van der Waals surface area contributed by atoms with Gasteiger partial charge >= 0.3 is 0 Å². The number of hydrogen-bond donors (Lipinski definition) is 2. The number of ketones is 2. The number of halogens is 2. The normalized spacial score (nSPS) is 27.2. The van der Waals surface area contributed by atoms with Crippen LogP contribution in [-0.2, 0) is 53.6 Å². The standard InChI is InChI=1S/C44H58ClN5O8S2.C41H49ClN4O7S/c1-6-26(5)29-10-12-33-38(21-34(50(33)42(29)52)35(51)23-44(22-27(44)7-2)43(53)48-60(54,55)28-8-9-28)58-37-20-31(41-47-32(24-59-41)25(3)4)46-40-30(37)11-13-36(39(40)45)57-19-16-49-14-17-56-18-15-49;1-8-23-20-41(23,39(49)45-54(50,51)24-12-13-24)21-32(47)31-19-35(30-16-15-26(40(4,5)6)38(48)46(30)31)53-34-18-29(28-11-9-10-27(43-28)22(2)3)44-37-25(34)14-17-33(52-7)36(37)42/h11,13,20,24-29,33-34,38H,6-10,12,14-19,21-23H2,1-5H3,(H,48,53);8-11,14,17-18,22-24,26,30-31,35H,1,12-13,15-16,19-21H2,2-7H3,(H,45,49)/t26-,27+,29+,33+,34-,38+,44+;23-,26+,30-,31+,35-,41-/m01/s1. The quantitative estimate of drug-likeness (QED) is 0.0412. The van der Waals surface area contributed by atoms with Gasteiger partial charge in [-0.05, 0) is 136 Å². The van der Waals surface area contributed by atoms with Crippen molar-refractivity contribution in [2.45, 2.75) is 231 Å². The van der Waals surface area contributed by atoms with Crippen LogP contribution in [0.25, 0.3) is 43.9 Å². The highest BCUT2D eigenvalue weighted by Crippen LogP contribution is 2.60. The molecule has 24 nitrogen and oxygen atoms in total. The van der Waals surface area contributed by atoms with Gasteiger partial charge in [-0.15, -0.1) is 17.9 Å². The number of fused-ring (bicyclic) bond motifs is 4. The third-order valence-electron chi connectivity index (χ3n) is 25.5. The predicted octanol–water partition coefficient (Wildman–Crippen LogP) is 14.0. The number of sulfonamides is 2. The zero-order valence-corrected chi connectivity index (χ0v) is 71.0. The summed E-state index contributed by atoms with van der Waals surface area (Å²) in [7, 11) is -6.08. The number of allylic oxidation sites excluding steroid dienone is 1. The molecule has 0 bridgehead atoms. The maximum atomic E-state index is 14.7. The van der Waals surface area contributed by atoms with Crippen LogP contribution in [0.3, 0.4) is 0 Å². The highest BCUT2D eigenvalue weighted by molar-refractivity contribution is 7.91. The Hall–Kier alpha value is -7.40. The second-order valence-electron chi connectivity index (χ2n) is 34.7. The number of hydrogen-bond acceptors (Lipinski definition) is 21. The number of piperidine rings is 2. The summed E-state index contributed by atoms with van der Waals surface area (Å²) in [6, 6.07) is 14.3. The topological polar surface area (TPSA) is 302 Å². The summed E-state index contributed by atoms with van der Waals surface area (Å²) in [4.78, 5) is 111. The first kappa shape index (κ1) is 83.1. The van der Waals surface area contributed by atoms with Crippen molar-refractivity contribution < 1.29 is 69.3 Å².